The molecule has 0 aliphatic heterocycles. The normalized spacial score (nSPS) is 10.5. The molecule has 1 atom stereocenters. The van der Waals surface area contributed by atoms with Crippen molar-refractivity contribution in [2.75, 3.05) is 13.2 Å². The molecule has 0 rings (SSSR count). The predicted molar refractivity (Wildman–Crippen MR) is 84.1 cm³/mol. The Bertz CT molecular complexity index is 498. The summed E-state index contributed by atoms with van der Waals surface area (Å²) in [4.78, 5) is 42.4. The zero-order valence-electron chi connectivity index (χ0n) is 13.7. The van der Waals surface area contributed by atoms with E-state index >= 15 is 0 Å². The number of carbonyl (C=O) groups excluding carboxylic acids is 2. The first-order chi connectivity index (χ1) is 11.0. The van der Waals surface area contributed by atoms with Crippen LogP contribution in [0.4, 0.5) is 0 Å². The van der Waals surface area contributed by atoms with Crippen molar-refractivity contribution in [3.63, 3.8) is 0 Å². The number of carboxylic acids is 2. The maximum Gasteiger partial charge on any atom is 0.333 e. The van der Waals surface area contributed by atoms with Crippen LogP contribution in [0.15, 0.2) is 24.3 Å². The number of hydrogen-bond acceptors (Lipinski definition) is 6. The number of hydrogen-bond donors (Lipinski definition) is 4. The summed E-state index contributed by atoms with van der Waals surface area (Å²) in [5.74, 6) is -3.41. The number of amides is 1. The molecule has 1 unspecified atom stereocenters. The van der Waals surface area contributed by atoms with Gasteiger partial charge >= 0.3 is 17.9 Å². The Labute approximate surface area is 139 Å². The van der Waals surface area contributed by atoms with Gasteiger partial charge in [0, 0.05) is 17.6 Å². The van der Waals surface area contributed by atoms with Gasteiger partial charge < -0.3 is 25.4 Å². The van der Waals surface area contributed by atoms with Gasteiger partial charge in [0.25, 0.3) is 0 Å². The quantitative estimate of drug-likeness (QED) is 0.339. The highest BCUT2D eigenvalue weighted by Gasteiger charge is 2.20. The number of carbonyl (C=O) groups is 4. The fourth-order valence-corrected chi connectivity index (χ4v) is 1.07. The number of ether oxygens (including phenoxy) is 1. The molecule has 0 aromatic rings. The topological polar surface area (TPSA) is 150 Å². The predicted octanol–water partition coefficient (Wildman–Crippen LogP) is 0.0947. The summed E-state index contributed by atoms with van der Waals surface area (Å²) in [6.45, 7) is 9.59. The first kappa shape index (κ1) is 23.6. The van der Waals surface area contributed by atoms with E-state index in [2.05, 4.69) is 23.2 Å². The van der Waals surface area contributed by atoms with Crippen LogP contribution in [0.5, 0.6) is 0 Å². The van der Waals surface area contributed by atoms with Gasteiger partial charge in [-0.25, -0.2) is 9.59 Å². The molecular weight excluding hydrogens is 322 g/mol. The number of esters is 1. The average Bonchev–Trinajstić information content (AvgIpc) is 2.48. The summed E-state index contributed by atoms with van der Waals surface area (Å²) in [6, 6.07) is -1.19. The second-order valence-electron chi connectivity index (χ2n) is 4.72. The van der Waals surface area contributed by atoms with Crippen molar-refractivity contribution >= 4 is 23.8 Å². The second-order valence-corrected chi connectivity index (χ2v) is 4.72. The number of nitrogens with one attached hydrogen (secondary N) is 1. The molecule has 136 valence electrons. The molecule has 0 aliphatic carbocycles. The molecule has 0 aromatic carbocycles. The minimum Gasteiger partial charge on any atom is -0.481 e. The lowest BCUT2D eigenvalue weighted by atomic mass is 10.1. The van der Waals surface area contributed by atoms with E-state index in [-0.39, 0.29) is 31.6 Å². The minimum atomic E-state index is -1.26. The molecule has 0 radical (unpaired) electrons. The highest BCUT2D eigenvalue weighted by Crippen LogP contribution is 1.99. The Hall–Kier alpha value is -2.68. The standard InChI is InChI=1S/C9H13NO5.C6H10O3/c1-5(2)8(13)10-6(9(14)15)3-4-7(11)12;1-5(2)6(8)9-4-3-7/h6H,1,3-4H2,2H3,(H,10,13)(H,11,12)(H,14,15);7H,1,3-4H2,2H3. The summed E-state index contributed by atoms with van der Waals surface area (Å²) in [7, 11) is 0. The first-order valence-electron chi connectivity index (χ1n) is 6.87. The molecule has 0 heterocycles. The van der Waals surface area contributed by atoms with Gasteiger partial charge in [-0.05, 0) is 20.3 Å². The molecule has 4 N–H and O–H groups in total. The van der Waals surface area contributed by atoms with Crippen LogP contribution >= 0.6 is 0 Å². The average molecular weight is 345 g/mol. The SMILES string of the molecule is C=C(C)C(=O)NC(CCC(=O)O)C(=O)O.C=C(C)C(=O)OCCO. The molecular formula is C15H23NO8. The number of aliphatic carboxylic acids is 2. The van der Waals surface area contributed by atoms with Crippen LogP contribution in [0, 0.1) is 0 Å². The summed E-state index contributed by atoms with van der Waals surface area (Å²) < 4.78 is 4.46. The fourth-order valence-electron chi connectivity index (χ4n) is 1.07. The molecule has 1 amide bonds. The van der Waals surface area contributed by atoms with Crippen LogP contribution in [0.2, 0.25) is 0 Å². The van der Waals surface area contributed by atoms with Crippen LogP contribution in [-0.4, -0.2) is 58.4 Å². The molecule has 0 aromatic heterocycles. The Morgan fingerprint density at radius 3 is 1.96 bits per heavy atom. The molecule has 0 saturated heterocycles. The van der Waals surface area contributed by atoms with E-state index in [9.17, 15) is 19.2 Å². The van der Waals surface area contributed by atoms with Gasteiger partial charge in [0.2, 0.25) is 5.91 Å². The summed E-state index contributed by atoms with van der Waals surface area (Å²) in [5.41, 5.74) is 0.528. The van der Waals surface area contributed by atoms with Crippen LogP contribution < -0.4 is 5.32 Å². The third-order valence-electron chi connectivity index (χ3n) is 2.31. The van der Waals surface area contributed by atoms with Crippen molar-refractivity contribution in [3.8, 4) is 0 Å². The van der Waals surface area contributed by atoms with Crippen LogP contribution in [-0.2, 0) is 23.9 Å². The molecule has 0 aliphatic rings. The Balaban J connectivity index is 0. The summed E-state index contributed by atoms with van der Waals surface area (Å²) >= 11 is 0. The van der Waals surface area contributed by atoms with Crippen LogP contribution in [0.25, 0.3) is 0 Å². The maximum absolute atomic E-state index is 11.1. The molecule has 9 nitrogen and oxygen atoms in total. The Kier molecular flexibility index (Phi) is 12.6. The van der Waals surface area contributed by atoms with Crippen molar-refractivity contribution in [2.45, 2.75) is 32.7 Å². The van der Waals surface area contributed by atoms with Crippen LogP contribution in [0.3, 0.4) is 0 Å². The van der Waals surface area contributed by atoms with Gasteiger partial charge in [-0.15, -0.1) is 0 Å². The Morgan fingerprint density at radius 2 is 1.62 bits per heavy atom. The molecule has 0 bridgehead atoms. The number of carboxylic acid groups (broad SMARTS) is 2. The maximum atomic E-state index is 11.1. The smallest absolute Gasteiger partial charge is 0.333 e. The van der Waals surface area contributed by atoms with Gasteiger partial charge in [-0.1, -0.05) is 13.2 Å². The lowest BCUT2D eigenvalue weighted by molar-refractivity contribution is -0.142. The number of rotatable bonds is 9. The number of aliphatic hydroxyl groups is 1. The largest absolute Gasteiger partial charge is 0.481 e. The zero-order valence-corrected chi connectivity index (χ0v) is 13.7. The zero-order chi connectivity index (χ0) is 19.3. The minimum absolute atomic E-state index is 0.0473. The molecule has 0 fully saturated rings. The molecule has 0 saturated carbocycles. The van der Waals surface area contributed by atoms with E-state index in [0.717, 1.165) is 0 Å². The van der Waals surface area contributed by atoms with Crippen LogP contribution in [0.1, 0.15) is 26.7 Å². The van der Waals surface area contributed by atoms with E-state index in [1.54, 1.807) is 6.92 Å². The van der Waals surface area contributed by atoms with E-state index in [1.165, 1.54) is 6.92 Å². The van der Waals surface area contributed by atoms with E-state index in [0.29, 0.717) is 5.57 Å². The fraction of sp³-hybridized carbons (Fsp3) is 0.467. The Morgan fingerprint density at radius 1 is 1.08 bits per heavy atom. The summed E-state index contributed by atoms with van der Waals surface area (Å²) in [5, 5.41) is 27.4. The van der Waals surface area contributed by atoms with Crippen molar-refractivity contribution in [1.82, 2.24) is 5.32 Å². The van der Waals surface area contributed by atoms with Crippen molar-refractivity contribution < 1.29 is 39.2 Å². The summed E-state index contributed by atoms with van der Waals surface area (Å²) in [6.07, 6.45) is -0.461. The second kappa shape index (κ2) is 12.8. The van der Waals surface area contributed by atoms with Gasteiger partial charge in [0.05, 0.1) is 6.61 Å². The molecule has 9 heteroatoms. The number of aliphatic hydroxyl groups excluding tert-OH is 1. The third kappa shape index (κ3) is 13.0. The van der Waals surface area contributed by atoms with Crippen molar-refractivity contribution in [2.24, 2.45) is 0 Å². The van der Waals surface area contributed by atoms with Gasteiger partial charge in [-0.2, -0.15) is 0 Å². The van der Waals surface area contributed by atoms with Gasteiger partial charge in [0.15, 0.2) is 0 Å². The van der Waals surface area contributed by atoms with Gasteiger partial charge in [0.1, 0.15) is 12.6 Å². The van der Waals surface area contributed by atoms with E-state index < -0.39 is 29.9 Å². The molecule has 24 heavy (non-hydrogen) atoms. The van der Waals surface area contributed by atoms with E-state index in [1.807, 2.05) is 0 Å². The lowest BCUT2D eigenvalue weighted by Crippen LogP contribution is -2.41. The van der Waals surface area contributed by atoms with E-state index in [4.69, 9.17) is 15.3 Å². The van der Waals surface area contributed by atoms with Crippen molar-refractivity contribution in [1.29, 1.82) is 0 Å². The highest BCUT2D eigenvalue weighted by atomic mass is 16.5. The highest BCUT2D eigenvalue weighted by molar-refractivity contribution is 5.94. The first-order valence-corrected chi connectivity index (χ1v) is 6.87. The monoisotopic (exact) mass is 345 g/mol. The third-order valence-corrected chi connectivity index (χ3v) is 2.31. The molecule has 0 spiro atoms. The lowest BCUT2D eigenvalue weighted by Gasteiger charge is -2.12. The van der Waals surface area contributed by atoms with Crippen molar-refractivity contribution in [3.05, 3.63) is 24.3 Å². The van der Waals surface area contributed by atoms with Gasteiger partial charge in [-0.3, -0.25) is 9.59 Å².